The highest BCUT2D eigenvalue weighted by atomic mass is 32.2. The van der Waals surface area contributed by atoms with Gasteiger partial charge < -0.3 is 14.8 Å². The second kappa shape index (κ2) is 9.60. The van der Waals surface area contributed by atoms with Crippen LogP contribution >= 0.6 is 0 Å². The summed E-state index contributed by atoms with van der Waals surface area (Å²) in [6, 6.07) is 22.9. The van der Waals surface area contributed by atoms with Crippen molar-refractivity contribution in [3.63, 3.8) is 0 Å². The van der Waals surface area contributed by atoms with E-state index in [-0.39, 0.29) is 11.5 Å². The number of sulfone groups is 1. The average Bonchev–Trinajstić information content (AvgIpc) is 3.23. The van der Waals surface area contributed by atoms with Crippen LogP contribution in [0.25, 0.3) is 28.0 Å². The first-order valence-electron chi connectivity index (χ1n) is 11.8. The molecule has 0 aliphatic carbocycles. The van der Waals surface area contributed by atoms with E-state index in [1.165, 1.54) is 5.56 Å². The van der Waals surface area contributed by atoms with Crippen molar-refractivity contribution >= 4 is 26.6 Å². The van der Waals surface area contributed by atoms with Crippen LogP contribution in [0, 0.1) is 0 Å². The minimum Gasteiger partial charge on any atom is -0.388 e. The van der Waals surface area contributed by atoms with Gasteiger partial charge in [0.15, 0.2) is 9.84 Å². The summed E-state index contributed by atoms with van der Waals surface area (Å²) in [7, 11) is -0.914. The topological polar surface area (TPSA) is 67.2 Å². The molecular formula is C27H30N4O2S. The summed E-state index contributed by atoms with van der Waals surface area (Å²) in [6.45, 7) is 2.19. The highest BCUT2D eigenvalue weighted by molar-refractivity contribution is 7.91. The molecule has 1 saturated heterocycles. The molecule has 7 heteroatoms. The molecule has 1 fully saturated rings. The first kappa shape index (κ1) is 22.6. The lowest BCUT2D eigenvalue weighted by molar-refractivity contribution is 0.292. The zero-order valence-corrected chi connectivity index (χ0v) is 20.3. The van der Waals surface area contributed by atoms with E-state index < -0.39 is 9.84 Å². The van der Waals surface area contributed by atoms with Crippen molar-refractivity contribution in [2.75, 3.05) is 43.5 Å². The third kappa shape index (κ3) is 4.86. The first-order valence-corrected chi connectivity index (χ1v) is 13.6. The Kier molecular flexibility index (Phi) is 6.39. The van der Waals surface area contributed by atoms with Gasteiger partial charge in [0.05, 0.1) is 17.2 Å². The Bertz CT molecular complexity index is 1380. The summed E-state index contributed by atoms with van der Waals surface area (Å²) in [5.74, 6) is 0.556. The number of rotatable bonds is 7. The molecule has 1 aliphatic rings. The van der Waals surface area contributed by atoms with Crippen molar-refractivity contribution in [1.29, 1.82) is 0 Å². The van der Waals surface area contributed by atoms with Gasteiger partial charge in [-0.15, -0.1) is 0 Å². The third-order valence-corrected chi connectivity index (χ3v) is 8.18. The molecule has 0 unspecified atom stereocenters. The van der Waals surface area contributed by atoms with Gasteiger partial charge in [0.2, 0.25) is 0 Å². The van der Waals surface area contributed by atoms with E-state index in [4.69, 9.17) is 4.98 Å². The van der Waals surface area contributed by atoms with E-state index in [0.717, 1.165) is 53.1 Å². The van der Waals surface area contributed by atoms with E-state index in [9.17, 15) is 8.42 Å². The number of anilines is 1. The van der Waals surface area contributed by atoms with E-state index >= 15 is 0 Å². The molecule has 0 spiro atoms. The van der Waals surface area contributed by atoms with Gasteiger partial charge in [-0.05, 0) is 55.3 Å². The monoisotopic (exact) mass is 474 g/mol. The Balaban J connectivity index is 1.45. The molecule has 6 nitrogen and oxygen atoms in total. The second-order valence-electron chi connectivity index (χ2n) is 8.86. The Morgan fingerprint density at radius 2 is 1.76 bits per heavy atom. The lowest BCUT2D eigenvalue weighted by Crippen LogP contribution is -2.40. The van der Waals surface area contributed by atoms with Gasteiger partial charge in [-0.1, -0.05) is 36.4 Å². The van der Waals surface area contributed by atoms with Crippen LogP contribution in [-0.4, -0.2) is 61.1 Å². The molecular weight excluding hydrogens is 444 g/mol. The minimum atomic E-state index is -2.84. The summed E-state index contributed by atoms with van der Waals surface area (Å²) in [4.78, 5) is 7.34. The average molecular weight is 475 g/mol. The van der Waals surface area contributed by atoms with Crippen LogP contribution < -0.4 is 5.32 Å². The number of aromatic nitrogens is 2. The van der Waals surface area contributed by atoms with Crippen molar-refractivity contribution in [3.05, 3.63) is 78.5 Å². The molecule has 0 radical (unpaired) electrons. The number of hydrogen-bond donors (Lipinski definition) is 1. The number of fused-ring (bicyclic) bond motifs is 1. The molecule has 176 valence electrons. The van der Waals surface area contributed by atoms with Crippen LogP contribution in [0.2, 0.25) is 0 Å². The molecule has 0 amide bonds. The van der Waals surface area contributed by atoms with Gasteiger partial charge in [0.25, 0.3) is 0 Å². The summed E-state index contributed by atoms with van der Waals surface area (Å²) in [5, 5.41) is 4.39. The maximum absolute atomic E-state index is 11.7. The maximum atomic E-state index is 11.7. The lowest BCUT2D eigenvalue weighted by Gasteiger charge is -2.26. The predicted molar refractivity (Wildman–Crippen MR) is 139 cm³/mol. The smallest absolute Gasteiger partial charge is 0.152 e. The molecule has 0 bridgehead atoms. The van der Waals surface area contributed by atoms with Gasteiger partial charge in [-0.25, -0.2) is 13.4 Å². The second-order valence-corrected chi connectivity index (χ2v) is 11.2. The number of aryl methyl sites for hydroxylation is 1. The van der Waals surface area contributed by atoms with Crippen molar-refractivity contribution in [3.8, 4) is 16.9 Å². The Hall–Kier alpha value is -3.16. The van der Waals surface area contributed by atoms with E-state index in [0.29, 0.717) is 13.1 Å². The fraction of sp³-hybridized carbons (Fsp3) is 0.296. The zero-order chi connectivity index (χ0) is 23.5. The normalized spacial score (nSPS) is 16.0. The summed E-state index contributed by atoms with van der Waals surface area (Å²) >= 11 is 0. The molecule has 1 aliphatic heterocycles. The van der Waals surface area contributed by atoms with Crippen LogP contribution in [0.1, 0.15) is 12.0 Å². The van der Waals surface area contributed by atoms with Crippen molar-refractivity contribution in [2.24, 2.45) is 0 Å². The van der Waals surface area contributed by atoms with Gasteiger partial charge in [-0.2, -0.15) is 0 Å². The van der Waals surface area contributed by atoms with E-state index in [2.05, 4.69) is 69.5 Å². The van der Waals surface area contributed by atoms with Crippen LogP contribution in [0.5, 0.6) is 0 Å². The summed E-state index contributed by atoms with van der Waals surface area (Å²) in [6.07, 6.45) is 4.11. The number of nitrogens with zero attached hydrogens (tertiary/aromatic N) is 3. The largest absolute Gasteiger partial charge is 0.388 e. The van der Waals surface area contributed by atoms with Gasteiger partial charge in [0, 0.05) is 48.7 Å². The molecule has 4 aromatic rings. The van der Waals surface area contributed by atoms with Crippen LogP contribution in [0.15, 0.2) is 72.9 Å². The van der Waals surface area contributed by atoms with Gasteiger partial charge >= 0.3 is 0 Å². The summed E-state index contributed by atoms with van der Waals surface area (Å²) < 4.78 is 25.6. The molecule has 0 saturated carbocycles. The standard InChI is InChI=1S/C27H30N4O2S/c1-28-23-10-5-11-24(19-23)31-20-22(9-6-14-30-15-17-34(32,33)18-16-30)25-12-13-26(29-27(25)31)21-7-3-2-4-8-21/h2-5,7-8,10-13,19-20,28H,6,9,14-18H2,1H3. The quantitative estimate of drug-likeness (QED) is 0.430. The third-order valence-electron chi connectivity index (χ3n) is 6.57. The van der Waals surface area contributed by atoms with Crippen LogP contribution in [0.4, 0.5) is 5.69 Å². The van der Waals surface area contributed by atoms with Gasteiger partial charge in [-0.3, -0.25) is 0 Å². The molecule has 2 aromatic heterocycles. The Morgan fingerprint density at radius 3 is 2.53 bits per heavy atom. The number of hydrogen-bond acceptors (Lipinski definition) is 5. The SMILES string of the molecule is CNc1cccc(-n2cc(CCCN3CCS(=O)(=O)CC3)c3ccc(-c4ccccc4)nc32)c1. The highest BCUT2D eigenvalue weighted by Crippen LogP contribution is 2.29. The number of nitrogens with one attached hydrogen (secondary N) is 1. The molecule has 3 heterocycles. The minimum absolute atomic E-state index is 0.278. The van der Waals surface area contributed by atoms with Crippen molar-refractivity contribution in [1.82, 2.24) is 14.5 Å². The first-order chi connectivity index (χ1) is 16.5. The molecule has 1 N–H and O–H groups in total. The lowest BCUT2D eigenvalue weighted by atomic mass is 10.1. The Morgan fingerprint density at radius 1 is 0.971 bits per heavy atom. The fourth-order valence-corrected chi connectivity index (χ4v) is 5.89. The van der Waals surface area contributed by atoms with Crippen LogP contribution in [-0.2, 0) is 16.3 Å². The van der Waals surface area contributed by atoms with E-state index in [1.807, 2.05) is 25.2 Å². The maximum Gasteiger partial charge on any atom is 0.152 e. The number of benzene rings is 2. The molecule has 2 aromatic carbocycles. The Labute approximate surface area is 201 Å². The zero-order valence-electron chi connectivity index (χ0n) is 19.4. The van der Waals surface area contributed by atoms with Crippen molar-refractivity contribution < 1.29 is 8.42 Å². The van der Waals surface area contributed by atoms with E-state index in [1.54, 1.807) is 0 Å². The van der Waals surface area contributed by atoms with Crippen LogP contribution in [0.3, 0.4) is 0 Å². The van der Waals surface area contributed by atoms with Crippen molar-refractivity contribution in [2.45, 2.75) is 12.8 Å². The highest BCUT2D eigenvalue weighted by Gasteiger charge is 2.21. The molecule has 34 heavy (non-hydrogen) atoms. The molecule has 0 atom stereocenters. The fourth-order valence-electron chi connectivity index (χ4n) is 4.61. The van der Waals surface area contributed by atoms with Gasteiger partial charge in [0.1, 0.15) is 5.65 Å². The molecule has 5 rings (SSSR count). The summed E-state index contributed by atoms with van der Waals surface area (Å²) in [5.41, 5.74) is 6.40. The predicted octanol–water partition coefficient (Wildman–Crippen LogP) is 4.40. The number of pyridine rings is 1.